The van der Waals surface area contributed by atoms with Gasteiger partial charge in [0.05, 0.1) is 0 Å². The summed E-state index contributed by atoms with van der Waals surface area (Å²) in [6, 6.07) is 8.37. The first-order valence-electron chi connectivity index (χ1n) is 7.85. The van der Waals surface area contributed by atoms with Gasteiger partial charge >= 0.3 is 0 Å². The van der Waals surface area contributed by atoms with Crippen LogP contribution in [0.5, 0.6) is 0 Å². The summed E-state index contributed by atoms with van der Waals surface area (Å²) in [5.41, 5.74) is 0.629. The molecule has 4 rings (SSSR count). The molecule has 136 valence electrons. The van der Waals surface area contributed by atoms with E-state index in [9.17, 15) is 9.59 Å². The number of rotatable bonds is 4. The van der Waals surface area contributed by atoms with Crippen LogP contribution in [0.2, 0.25) is 5.02 Å². The predicted octanol–water partition coefficient (Wildman–Crippen LogP) is 2.64. The second-order valence-corrected chi connectivity index (χ2v) is 6.20. The van der Waals surface area contributed by atoms with E-state index in [0.717, 1.165) is 0 Å². The first kappa shape index (κ1) is 17.0. The van der Waals surface area contributed by atoms with Crippen LogP contribution in [0.3, 0.4) is 0 Å². The van der Waals surface area contributed by atoms with Gasteiger partial charge in [-0.1, -0.05) is 34.0 Å². The number of carbonyl (C=O) groups excluding carboxylic acids is 1. The lowest BCUT2D eigenvalue weighted by Crippen LogP contribution is -2.28. The van der Waals surface area contributed by atoms with Gasteiger partial charge in [0.25, 0.3) is 11.3 Å². The van der Waals surface area contributed by atoms with E-state index in [1.54, 1.807) is 37.3 Å². The number of halogens is 1. The molecule has 1 amide bonds. The molecule has 0 aliphatic heterocycles. The summed E-state index contributed by atoms with van der Waals surface area (Å²) in [5, 5.41) is 10.9. The lowest BCUT2D eigenvalue weighted by molar-refractivity contribution is -0.116. The average Bonchev–Trinajstić information content (AvgIpc) is 3.25. The molecule has 0 aliphatic carbocycles. The summed E-state index contributed by atoms with van der Waals surface area (Å²) in [4.78, 5) is 29.1. The van der Waals surface area contributed by atoms with Crippen molar-refractivity contribution in [2.24, 2.45) is 0 Å². The van der Waals surface area contributed by atoms with Crippen LogP contribution in [-0.2, 0) is 11.3 Å². The molecule has 0 saturated heterocycles. The van der Waals surface area contributed by atoms with Gasteiger partial charge < -0.3 is 14.4 Å². The summed E-state index contributed by atoms with van der Waals surface area (Å²) in [7, 11) is 0. The third kappa shape index (κ3) is 3.32. The van der Waals surface area contributed by atoms with Gasteiger partial charge in [-0.2, -0.15) is 0 Å². The second kappa shape index (κ2) is 6.69. The summed E-state index contributed by atoms with van der Waals surface area (Å²) in [6.07, 6.45) is 1.23. The molecule has 4 aromatic rings. The van der Waals surface area contributed by atoms with Gasteiger partial charge in [-0.25, -0.2) is 4.98 Å². The molecule has 9 nitrogen and oxygen atoms in total. The number of carbonyl (C=O) groups is 1. The molecule has 0 spiro atoms. The van der Waals surface area contributed by atoms with Gasteiger partial charge in [-0.05, 0) is 19.1 Å². The molecule has 0 fully saturated rings. The van der Waals surface area contributed by atoms with Crippen LogP contribution in [0.15, 0.2) is 50.5 Å². The first-order chi connectivity index (χ1) is 13.0. The summed E-state index contributed by atoms with van der Waals surface area (Å²) in [6.45, 7) is 1.45. The molecule has 3 aromatic heterocycles. The van der Waals surface area contributed by atoms with E-state index in [0.29, 0.717) is 22.0 Å². The van der Waals surface area contributed by atoms with Crippen molar-refractivity contribution in [3.63, 3.8) is 0 Å². The molecule has 3 heterocycles. The highest BCUT2D eigenvalue weighted by Crippen LogP contribution is 2.25. The van der Waals surface area contributed by atoms with Crippen molar-refractivity contribution in [2.75, 3.05) is 5.32 Å². The van der Waals surface area contributed by atoms with Crippen molar-refractivity contribution in [3.05, 3.63) is 57.8 Å². The fraction of sp³-hybridized carbons (Fsp3) is 0.118. The molecule has 1 N–H and O–H groups in total. The number of nitrogens with one attached hydrogen (secondary N) is 1. The number of fused-ring (bicyclic) bond motifs is 1. The molecule has 0 atom stereocenters. The highest BCUT2D eigenvalue weighted by Gasteiger charge is 2.18. The Balaban J connectivity index is 1.67. The molecule has 10 heteroatoms. The Morgan fingerprint density at radius 1 is 1.22 bits per heavy atom. The van der Waals surface area contributed by atoms with Gasteiger partial charge in [-0.15, -0.1) is 0 Å². The summed E-state index contributed by atoms with van der Waals surface area (Å²) in [5.74, 6) is 0.380. The van der Waals surface area contributed by atoms with Crippen LogP contribution in [0.4, 0.5) is 5.82 Å². The highest BCUT2D eigenvalue weighted by molar-refractivity contribution is 6.30. The highest BCUT2D eigenvalue weighted by atomic mass is 35.5. The van der Waals surface area contributed by atoms with Crippen molar-refractivity contribution in [1.29, 1.82) is 0 Å². The fourth-order valence-electron chi connectivity index (χ4n) is 2.56. The minimum Gasteiger partial charge on any atom is -0.360 e. The minimum absolute atomic E-state index is 0.0914. The number of aromatic nitrogens is 4. The van der Waals surface area contributed by atoms with Crippen LogP contribution in [-0.4, -0.2) is 25.8 Å². The molecule has 0 saturated carbocycles. The zero-order valence-corrected chi connectivity index (χ0v) is 14.7. The van der Waals surface area contributed by atoms with Crippen LogP contribution in [0.1, 0.15) is 5.76 Å². The number of nitrogens with zero attached hydrogens (tertiary/aromatic N) is 4. The van der Waals surface area contributed by atoms with E-state index < -0.39 is 11.5 Å². The zero-order valence-electron chi connectivity index (χ0n) is 14.0. The largest absolute Gasteiger partial charge is 0.360 e. The van der Waals surface area contributed by atoms with Gasteiger partial charge in [0.15, 0.2) is 5.82 Å². The summed E-state index contributed by atoms with van der Waals surface area (Å²) >= 11 is 5.89. The number of hydrogen-bond donors (Lipinski definition) is 1. The van der Waals surface area contributed by atoms with E-state index in [2.05, 4.69) is 20.6 Å². The molecular formula is C17H12ClN5O4. The van der Waals surface area contributed by atoms with Crippen LogP contribution < -0.4 is 10.9 Å². The molecule has 0 radical (unpaired) electrons. The predicted molar refractivity (Wildman–Crippen MR) is 96.4 cm³/mol. The van der Waals surface area contributed by atoms with E-state index >= 15 is 0 Å². The molecular weight excluding hydrogens is 374 g/mol. The Morgan fingerprint density at radius 2 is 2.00 bits per heavy atom. The van der Waals surface area contributed by atoms with Crippen molar-refractivity contribution in [3.8, 4) is 11.3 Å². The molecule has 0 unspecified atom stereocenters. The van der Waals surface area contributed by atoms with Gasteiger partial charge in [-0.3, -0.25) is 14.2 Å². The maximum Gasteiger partial charge on any atom is 0.267 e. The van der Waals surface area contributed by atoms with Crippen molar-refractivity contribution < 1.29 is 13.8 Å². The number of aryl methyl sites for hydroxylation is 1. The Kier molecular flexibility index (Phi) is 4.21. The first-order valence-corrected chi connectivity index (χ1v) is 8.23. The number of anilines is 1. The maximum atomic E-state index is 12.8. The monoisotopic (exact) mass is 385 g/mol. The van der Waals surface area contributed by atoms with E-state index in [1.807, 2.05) is 0 Å². The summed E-state index contributed by atoms with van der Waals surface area (Å²) < 4.78 is 11.2. The Morgan fingerprint density at radius 3 is 2.70 bits per heavy atom. The van der Waals surface area contributed by atoms with Gasteiger partial charge in [0.2, 0.25) is 5.91 Å². The van der Waals surface area contributed by atoms with E-state index in [1.165, 1.54) is 10.9 Å². The number of benzene rings is 1. The third-order valence-corrected chi connectivity index (χ3v) is 4.04. The van der Waals surface area contributed by atoms with E-state index in [-0.39, 0.29) is 23.5 Å². The molecule has 1 aromatic carbocycles. The molecule has 27 heavy (non-hydrogen) atoms. The second-order valence-electron chi connectivity index (χ2n) is 5.77. The lowest BCUT2D eigenvalue weighted by Gasteiger charge is -2.04. The SMILES string of the molecule is Cc1cc(NC(=O)Cn2cnc3onc(-c4ccc(Cl)cc4)c3c2=O)no1. The average molecular weight is 386 g/mol. The number of amides is 1. The molecule has 0 aliphatic rings. The van der Waals surface area contributed by atoms with Gasteiger partial charge in [0, 0.05) is 16.7 Å². The van der Waals surface area contributed by atoms with Crippen molar-refractivity contribution in [2.45, 2.75) is 13.5 Å². The number of hydrogen-bond acceptors (Lipinski definition) is 7. The smallest absolute Gasteiger partial charge is 0.267 e. The van der Waals surface area contributed by atoms with Crippen LogP contribution in [0, 0.1) is 6.92 Å². The minimum atomic E-state index is -0.448. The van der Waals surface area contributed by atoms with Crippen LogP contribution in [0.25, 0.3) is 22.4 Å². The van der Waals surface area contributed by atoms with E-state index in [4.69, 9.17) is 20.6 Å². The maximum absolute atomic E-state index is 12.8. The van der Waals surface area contributed by atoms with Gasteiger partial charge in [0.1, 0.15) is 29.7 Å². The lowest BCUT2D eigenvalue weighted by atomic mass is 10.1. The van der Waals surface area contributed by atoms with Crippen molar-refractivity contribution >= 4 is 34.4 Å². The fourth-order valence-corrected chi connectivity index (χ4v) is 2.69. The Bertz CT molecular complexity index is 1190. The third-order valence-electron chi connectivity index (χ3n) is 3.79. The standard InChI is InChI=1S/C17H12ClN5O4/c1-9-6-12(21-26-9)20-13(24)7-23-8-19-16-14(17(23)25)15(22-27-16)10-2-4-11(18)5-3-10/h2-6,8H,7H2,1H3,(H,20,21,24). The Hall–Kier alpha value is -3.46. The van der Waals surface area contributed by atoms with Crippen LogP contribution >= 0.6 is 11.6 Å². The normalized spacial score (nSPS) is 11.0. The topological polar surface area (TPSA) is 116 Å². The zero-order chi connectivity index (χ0) is 19.0. The quantitative estimate of drug-likeness (QED) is 0.574. The van der Waals surface area contributed by atoms with Crippen molar-refractivity contribution in [1.82, 2.24) is 19.9 Å². The molecule has 0 bridgehead atoms. The Labute approximate surface area is 156 Å².